The standard InChI is InChI=1S/C17H19N3O4S/c21-25(22,15-2-1-5-18-11-15)20-8-6-19(7-9-20)12-14-3-4-16-17(10-14)24-13-23-16/h1-5,10-11H,6-9,12-13H2. The number of aromatic nitrogens is 1. The highest BCUT2D eigenvalue weighted by Gasteiger charge is 2.28. The molecule has 2 aliphatic heterocycles. The highest BCUT2D eigenvalue weighted by atomic mass is 32.2. The zero-order valence-corrected chi connectivity index (χ0v) is 14.5. The molecule has 4 rings (SSSR count). The number of ether oxygens (including phenoxy) is 2. The van der Waals surface area contributed by atoms with Crippen molar-refractivity contribution in [2.75, 3.05) is 33.0 Å². The lowest BCUT2D eigenvalue weighted by molar-refractivity contribution is 0.173. The molecule has 7 nitrogen and oxygen atoms in total. The van der Waals surface area contributed by atoms with Gasteiger partial charge in [0.2, 0.25) is 16.8 Å². The second kappa shape index (κ2) is 6.62. The molecule has 0 bridgehead atoms. The van der Waals surface area contributed by atoms with Crippen molar-refractivity contribution in [1.82, 2.24) is 14.2 Å². The molecule has 2 aliphatic rings. The average Bonchev–Trinajstić information content (AvgIpc) is 3.11. The number of hydrogen-bond acceptors (Lipinski definition) is 6. The number of fused-ring (bicyclic) bond motifs is 1. The van der Waals surface area contributed by atoms with Crippen LogP contribution < -0.4 is 9.47 Å². The van der Waals surface area contributed by atoms with E-state index < -0.39 is 10.0 Å². The summed E-state index contributed by atoms with van der Waals surface area (Å²) in [6, 6.07) is 9.15. The topological polar surface area (TPSA) is 72.0 Å². The Kier molecular flexibility index (Phi) is 4.32. The Hall–Kier alpha value is -2.16. The van der Waals surface area contributed by atoms with Crippen LogP contribution in [0.1, 0.15) is 5.56 Å². The fraction of sp³-hybridized carbons (Fsp3) is 0.353. The van der Waals surface area contributed by atoms with Crippen LogP contribution in [-0.2, 0) is 16.6 Å². The minimum atomic E-state index is -3.46. The van der Waals surface area contributed by atoms with Crippen molar-refractivity contribution < 1.29 is 17.9 Å². The molecule has 0 N–H and O–H groups in total. The van der Waals surface area contributed by atoms with E-state index in [1.54, 1.807) is 18.3 Å². The minimum absolute atomic E-state index is 0.249. The van der Waals surface area contributed by atoms with Gasteiger partial charge in [-0.2, -0.15) is 4.31 Å². The van der Waals surface area contributed by atoms with E-state index in [0.29, 0.717) is 26.2 Å². The summed E-state index contributed by atoms with van der Waals surface area (Å²) in [4.78, 5) is 6.40. The predicted molar refractivity (Wildman–Crippen MR) is 90.8 cm³/mol. The van der Waals surface area contributed by atoms with E-state index in [1.807, 2.05) is 18.2 Å². The molecular formula is C17H19N3O4S. The van der Waals surface area contributed by atoms with Crippen molar-refractivity contribution in [2.45, 2.75) is 11.4 Å². The SMILES string of the molecule is O=S(=O)(c1cccnc1)N1CCN(Cc2ccc3c(c2)OCO3)CC1. The van der Waals surface area contributed by atoms with E-state index in [9.17, 15) is 8.42 Å². The summed E-state index contributed by atoms with van der Waals surface area (Å²) in [5.74, 6) is 1.55. The molecule has 0 saturated carbocycles. The molecule has 1 aromatic carbocycles. The second-order valence-corrected chi connectivity index (χ2v) is 7.99. The highest BCUT2D eigenvalue weighted by Crippen LogP contribution is 2.32. The largest absolute Gasteiger partial charge is 0.454 e. The van der Waals surface area contributed by atoms with E-state index in [4.69, 9.17) is 9.47 Å². The van der Waals surface area contributed by atoms with Gasteiger partial charge in [-0.1, -0.05) is 6.07 Å². The Balaban J connectivity index is 1.39. The van der Waals surface area contributed by atoms with Crippen molar-refractivity contribution in [1.29, 1.82) is 0 Å². The van der Waals surface area contributed by atoms with E-state index in [-0.39, 0.29) is 11.7 Å². The van der Waals surface area contributed by atoms with Crippen LogP contribution in [0, 0.1) is 0 Å². The van der Waals surface area contributed by atoms with Crippen molar-refractivity contribution >= 4 is 10.0 Å². The molecule has 3 heterocycles. The summed E-state index contributed by atoms with van der Waals surface area (Å²) >= 11 is 0. The molecule has 0 unspecified atom stereocenters. The molecular weight excluding hydrogens is 342 g/mol. The lowest BCUT2D eigenvalue weighted by Gasteiger charge is -2.33. The molecule has 0 aliphatic carbocycles. The van der Waals surface area contributed by atoms with Crippen LogP contribution in [0.15, 0.2) is 47.6 Å². The lowest BCUT2D eigenvalue weighted by atomic mass is 10.2. The normalized spacial score (nSPS) is 18.4. The third-order valence-electron chi connectivity index (χ3n) is 4.45. The van der Waals surface area contributed by atoms with Crippen LogP contribution >= 0.6 is 0 Å². The first-order valence-electron chi connectivity index (χ1n) is 8.14. The summed E-state index contributed by atoms with van der Waals surface area (Å²) in [6.45, 7) is 3.35. The number of rotatable bonds is 4. The number of sulfonamides is 1. The number of benzene rings is 1. The van der Waals surface area contributed by atoms with Gasteiger partial charge in [0.1, 0.15) is 4.90 Å². The minimum Gasteiger partial charge on any atom is -0.454 e. The molecule has 25 heavy (non-hydrogen) atoms. The van der Waals surface area contributed by atoms with Gasteiger partial charge in [0, 0.05) is 45.1 Å². The van der Waals surface area contributed by atoms with E-state index >= 15 is 0 Å². The number of piperazine rings is 1. The maximum atomic E-state index is 12.6. The van der Waals surface area contributed by atoms with Gasteiger partial charge in [0.15, 0.2) is 11.5 Å². The van der Waals surface area contributed by atoms with Gasteiger partial charge in [0.05, 0.1) is 0 Å². The average molecular weight is 361 g/mol. The zero-order valence-electron chi connectivity index (χ0n) is 13.7. The fourth-order valence-electron chi connectivity index (χ4n) is 3.07. The second-order valence-electron chi connectivity index (χ2n) is 6.06. The van der Waals surface area contributed by atoms with Crippen LogP contribution in [0.3, 0.4) is 0 Å². The van der Waals surface area contributed by atoms with E-state index in [1.165, 1.54) is 10.5 Å². The van der Waals surface area contributed by atoms with Gasteiger partial charge in [-0.25, -0.2) is 8.42 Å². The Morgan fingerprint density at radius 3 is 2.60 bits per heavy atom. The van der Waals surface area contributed by atoms with Gasteiger partial charge in [-0.05, 0) is 29.8 Å². The van der Waals surface area contributed by atoms with E-state index in [2.05, 4.69) is 9.88 Å². The molecule has 1 aromatic heterocycles. The lowest BCUT2D eigenvalue weighted by Crippen LogP contribution is -2.48. The Labute approximate surface area is 146 Å². The van der Waals surface area contributed by atoms with E-state index in [0.717, 1.165) is 23.6 Å². The summed E-state index contributed by atoms with van der Waals surface area (Å²) in [5.41, 5.74) is 1.13. The zero-order chi connectivity index (χ0) is 17.3. The quantitative estimate of drug-likeness (QED) is 0.818. The number of pyridine rings is 1. The summed E-state index contributed by atoms with van der Waals surface area (Å²) in [6.07, 6.45) is 2.97. The first kappa shape index (κ1) is 16.3. The van der Waals surface area contributed by atoms with Gasteiger partial charge in [-0.15, -0.1) is 0 Å². The molecule has 1 fully saturated rings. The third kappa shape index (κ3) is 3.33. The van der Waals surface area contributed by atoms with Gasteiger partial charge < -0.3 is 9.47 Å². The van der Waals surface area contributed by atoms with Crippen LogP contribution in [0.4, 0.5) is 0 Å². The molecule has 0 amide bonds. The van der Waals surface area contributed by atoms with Crippen LogP contribution in [-0.4, -0.2) is 55.6 Å². The summed E-state index contributed by atoms with van der Waals surface area (Å²) in [5, 5.41) is 0. The smallest absolute Gasteiger partial charge is 0.244 e. The predicted octanol–water partition coefficient (Wildman–Crippen LogP) is 1.32. The number of nitrogens with zero attached hydrogens (tertiary/aromatic N) is 3. The van der Waals surface area contributed by atoms with Crippen molar-refractivity contribution in [3.63, 3.8) is 0 Å². The summed E-state index contributed by atoms with van der Waals surface area (Å²) < 4.78 is 37.5. The first-order chi connectivity index (χ1) is 12.1. The van der Waals surface area contributed by atoms with Crippen LogP contribution in [0.5, 0.6) is 11.5 Å². The molecule has 2 aromatic rings. The number of hydrogen-bond donors (Lipinski definition) is 0. The maximum absolute atomic E-state index is 12.6. The fourth-order valence-corrected chi connectivity index (χ4v) is 4.46. The summed E-state index contributed by atoms with van der Waals surface area (Å²) in [7, 11) is -3.46. The maximum Gasteiger partial charge on any atom is 0.244 e. The van der Waals surface area contributed by atoms with Crippen molar-refractivity contribution in [3.05, 3.63) is 48.3 Å². The van der Waals surface area contributed by atoms with Gasteiger partial charge >= 0.3 is 0 Å². The molecule has 0 radical (unpaired) electrons. The molecule has 132 valence electrons. The highest BCUT2D eigenvalue weighted by molar-refractivity contribution is 7.89. The monoisotopic (exact) mass is 361 g/mol. The van der Waals surface area contributed by atoms with Gasteiger partial charge in [-0.3, -0.25) is 9.88 Å². The molecule has 0 spiro atoms. The Morgan fingerprint density at radius 1 is 1.04 bits per heavy atom. The molecule has 1 saturated heterocycles. The Bertz CT molecular complexity index is 849. The third-order valence-corrected chi connectivity index (χ3v) is 6.33. The Morgan fingerprint density at radius 2 is 1.84 bits per heavy atom. The molecule has 8 heteroatoms. The van der Waals surface area contributed by atoms with Crippen molar-refractivity contribution in [3.8, 4) is 11.5 Å². The van der Waals surface area contributed by atoms with Gasteiger partial charge in [0.25, 0.3) is 0 Å². The van der Waals surface area contributed by atoms with Crippen LogP contribution in [0.2, 0.25) is 0 Å². The van der Waals surface area contributed by atoms with Crippen LogP contribution in [0.25, 0.3) is 0 Å². The van der Waals surface area contributed by atoms with Crippen molar-refractivity contribution in [2.24, 2.45) is 0 Å². The first-order valence-corrected chi connectivity index (χ1v) is 9.58. The molecule has 0 atom stereocenters.